The predicted molar refractivity (Wildman–Crippen MR) is 117 cm³/mol. The first-order valence-electron chi connectivity index (χ1n) is 11.3. The fourth-order valence-corrected chi connectivity index (χ4v) is 4.34. The van der Waals surface area contributed by atoms with Gasteiger partial charge in [0.2, 0.25) is 11.8 Å². The van der Waals surface area contributed by atoms with Gasteiger partial charge < -0.3 is 25.6 Å². The SMILES string of the molecule is CN(CC(=O)NC1CCC([C@H](N)C(=O)N2CCC(F)(F)C2)CC1)C(=O)OCc1ccccc1. The third kappa shape index (κ3) is 7.12. The number of likely N-dealkylation sites (tertiary alicyclic amines) is 1. The average molecular weight is 467 g/mol. The molecule has 2 fully saturated rings. The van der Waals surface area contributed by atoms with E-state index in [4.69, 9.17) is 10.5 Å². The highest BCUT2D eigenvalue weighted by atomic mass is 19.3. The molecule has 8 nitrogen and oxygen atoms in total. The maximum atomic E-state index is 13.4. The van der Waals surface area contributed by atoms with Crippen LogP contribution in [0.3, 0.4) is 0 Å². The largest absolute Gasteiger partial charge is 0.445 e. The Morgan fingerprint density at radius 1 is 1.21 bits per heavy atom. The number of carbonyl (C=O) groups excluding carboxylic acids is 3. The minimum atomic E-state index is -2.83. The summed E-state index contributed by atoms with van der Waals surface area (Å²) in [6.45, 7) is -0.531. The number of rotatable bonds is 7. The van der Waals surface area contributed by atoms with E-state index in [-0.39, 0.29) is 44.0 Å². The molecule has 1 saturated carbocycles. The standard InChI is InChI=1S/C23H32F2N4O4/c1-28(22(32)33-14-16-5-3-2-4-6-16)13-19(30)27-18-9-7-17(8-10-18)20(26)21(31)29-12-11-23(24,25)15-29/h2-6,17-18,20H,7-15,26H2,1H3,(H,27,30)/t17?,18?,20-/m0/s1. The number of carbonyl (C=O) groups is 3. The summed E-state index contributed by atoms with van der Waals surface area (Å²) >= 11 is 0. The number of nitrogens with two attached hydrogens (primary N) is 1. The van der Waals surface area contributed by atoms with E-state index in [1.807, 2.05) is 30.3 Å². The molecule has 182 valence electrons. The molecule has 1 aromatic rings. The molecule has 3 amide bonds. The molecule has 0 spiro atoms. The number of benzene rings is 1. The van der Waals surface area contributed by atoms with Crippen LogP contribution in [0.25, 0.3) is 0 Å². The van der Waals surface area contributed by atoms with Gasteiger partial charge in [-0.2, -0.15) is 0 Å². The van der Waals surface area contributed by atoms with Gasteiger partial charge in [0.1, 0.15) is 13.2 Å². The molecule has 2 aliphatic rings. The van der Waals surface area contributed by atoms with Crippen molar-refractivity contribution in [1.82, 2.24) is 15.1 Å². The van der Waals surface area contributed by atoms with Gasteiger partial charge in [-0.3, -0.25) is 9.59 Å². The van der Waals surface area contributed by atoms with Crippen LogP contribution in [-0.2, 0) is 20.9 Å². The summed E-state index contributed by atoms with van der Waals surface area (Å²) in [7, 11) is 1.50. The van der Waals surface area contributed by atoms with Gasteiger partial charge in [0.15, 0.2) is 0 Å². The lowest BCUT2D eigenvalue weighted by atomic mass is 9.81. The van der Waals surface area contributed by atoms with Crippen molar-refractivity contribution in [2.24, 2.45) is 11.7 Å². The van der Waals surface area contributed by atoms with Crippen LogP contribution in [0.4, 0.5) is 13.6 Å². The van der Waals surface area contributed by atoms with Crippen LogP contribution < -0.4 is 11.1 Å². The lowest BCUT2D eigenvalue weighted by Crippen LogP contribution is -2.50. The topological polar surface area (TPSA) is 105 Å². The van der Waals surface area contributed by atoms with Gasteiger partial charge in [0.05, 0.1) is 12.6 Å². The van der Waals surface area contributed by atoms with Crippen LogP contribution in [0.15, 0.2) is 30.3 Å². The lowest BCUT2D eigenvalue weighted by molar-refractivity contribution is -0.134. The molecule has 0 bridgehead atoms. The van der Waals surface area contributed by atoms with Gasteiger partial charge in [-0.25, -0.2) is 13.6 Å². The molecule has 0 unspecified atom stereocenters. The Morgan fingerprint density at radius 3 is 2.48 bits per heavy atom. The molecule has 0 radical (unpaired) electrons. The summed E-state index contributed by atoms with van der Waals surface area (Å²) in [5, 5.41) is 2.91. The molecule has 3 N–H and O–H groups in total. The van der Waals surface area contributed by atoms with E-state index in [0.717, 1.165) is 10.5 Å². The van der Waals surface area contributed by atoms with E-state index in [9.17, 15) is 23.2 Å². The van der Waals surface area contributed by atoms with Gasteiger partial charge in [-0.05, 0) is 37.2 Å². The maximum absolute atomic E-state index is 13.4. The number of likely N-dealkylation sites (N-methyl/N-ethyl adjacent to an activating group) is 1. The Bertz CT molecular complexity index is 831. The number of alkyl halides is 2. The molecule has 0 aromatic heterocycles. The third-order valence-corrected chi connectivity index (χ3v) is 6.31. The highest BCUT2D eigenvalue weighted by molar-refractivity contribution is 5.83. The first-order chi connectivity index (χ1) is 15.6. The van der Waals surface area contributed by atoms with Crippen molar-refractivity contribution < 1.29 is 27.9 Å². The summed E-state index contributed by atoms with van der Waals surface area (Å²) in [4.78, 5) is 39.3. The molecule has 1 aliphatic heterocycles. The van der Waals surface area contributed by atoms with E-state index in [0.29, 0.717) is 25.7 Å². The summed E-state index contributed by atoms with van der Waals surface area (Å²) in [6, 6.07) is 8.37. The summed E-state index contributed by atoms with van der Waals surface area (Å²) in [6.07, 6.45) is 1.60. The quantitative estimate of drug-likeness (QED) is 0.641. The number of halogens is 2. The summed E-state index contributed by atoms with van der Waals surface area (Å²) < 4.78 is 32.0. The fourth-order valence-electron chi connectivity index (χ4n) is 4.34. The van der Waals surface area contributed by atoms with Crippen LogP contribution >= 0.6 is 0 Å². The zero-order chi connectivity index (χ0) is 24.0. The summed E-state index contributed by atoms with van der Waals surface area (Å²) in [5.74, 6) is -3.65. The van der Waals surface area contributed by atoms with E-state index in [1.54, 1.807) is 0 Å². The molecule has 1 aliphatic carbocycles. The number of nitrogens with one attached hydrogen (secondary N) is 1. The molecule has 10 heteroatoms. The first-order valence-corrected chi connectivity index (χ1v) is 11.3. The number of nitrogens with zero attached hydrogens (tertiary/aromatic N) is 2. The maximum Gasteiger partial charge on any atom is 0.410 e. The number of hydrogen-bond acceptors (Lipinski definition) is 5. The van der Waals surface area contributed by atoms with Crippen molar-refractivity contribution in [2.45, 2.75) is 56.7 Å². The van der Waals surface area contributed by atoms with Crippen molar-refractivity contribution in [3.05, 3.63) is 35.9 Å². The predicted octanol–water partition coefficient (Wildman–Crippen LogP) is 2.12. The highest BCUT2D eigenvalue weighted by Gasteiger charge is 2.42. The third-order valence-electron chi connectivity index (χ3n) is 6.31. The molecule has 3 rings (SSSR count). The van der Waals surface area contributed by atoms with Gasteiger partial charge in [-0.1, -0.05) is 30.3 Å². The van der Waals surface area contributed by atoms with Crippen molar-refractivity contribution in [1.29, 1.82) is 0 Å². The fraction of sp³-hybridized carbons (Fsp3) is 0.609. The Hall–Kier alpha value is -2.75. The zero-order valence-corrected chi connectivity index (χ0v) is 18.8. The van der Waals surface area contributed by atoms with Gasteiger partial charge in [0, 0.05) is 26.1 Å². The zero-order valence-electron chi connectivity index (χ0n) is 18.8. The van der Waals surface area contributed by atoms with Crippen molar-refractivity contribution in [3.63, 3.8) is 0 Å². The normalized spacial score (nSPS) is 23.0. The number of amides is 3. The van der Waals surface area contributed by atoms with E-state index >= 15 is 0 Å². The van der Waals surface area contributed by atoms with E-state index in [2.05, 4.69) is 5.32 Å². The van der Waals surface area contributed by atoms with E-state index in [1.165, 1.54) is 11.9 Å². The minimum Gasteiger partial charge on any atom is -0.445 e. The second-order valence-corrected chi connectivity index (χ2v) is 8.97. The monoisotopic (exact) mass is 466 g/mol. The van der Waals surface area contributed by atoms with Crippen molar-refractivity contribution in [2.75, 3.05) is 26.7 Å². The average Bonchev–Trinajstić information content (AvgIpc) is 3.17. The second-order valence-electron chi connectivity index (χ2n) is 8.97. The van der Waals surface area contributed by atoms with Crippen LogP contribution in [0.1, 0.15) is 37.7 Å². The Labute approximate surface area is 192 Å². The molecular weight excluding hydrogens is 434 g/mol. The van der Waals surface area contributed by atoms with Gasteiger partial charge in [-0.15, -0.1) is 0 Å². The van der Waals surface area contributed by atoms with Crippen molar-refractivity contribution >= 4 is 17.9 Å². The molecular formula is C23H32F2N4O4. The molecule has 1 heterocycles. The number of ether oxygens (including phenoxy) is 1. The Balaban J connectivity index is 1.36. The van der Waals surface area contributed by atoms with Crippen LogP contribution in [-0.4, -0.2) is 72.4 Å². The van der Waals surface area contributed by atoms with Crippen molar-refractivity contribution in [3.8, 4) is 0 Å². The lowest BCUT2D eigenvalue weighted by Gasteiger charge is -2.33. The molecule has 1 saturated heterocycles. The smallest absolute Gasteiger partial charge is 0.410 e. The second kappa shape index (κ2) is 10.9. The molecule has 33 heavy (non-hydrogen) atoms. The number of hydrogen-bond donors (Lipinski definition) is 2. The highest BCUT2D eigenvalue weighted by Crippen LogP contribution is 2.30. The molecule has 1 aromatic carbocycles. The molecule has 1 atom stereocenters. The minimum absolute atomic E-state index is 0.0340. The van der Waals surface area contributed by atoms with Gasteiger partial charge >= 0.3 is 6.09 Å². The summed E-state index contributed by atoms with van der Waals surface area (Å²) in [5.41, 5.74) is 6.95. The van der Waals surface area contributed by atoms with Crippen LogP contribution in [0.5, 0.6) is 0 Å². The van der Waals surface area contributed by atoms with Gasteiger partial charge in [0.25, 0.3) is 5.92 Å². The van der Waals surface area contributed by atoms with E-state index < -0.39 is 30.5 Å². The van der Waals surface area contributed by atoms with Crippen LogP contribution in [0, 0.1) is 5.92 Å². The Morgan fingerprint density at radius 2 is 1.88 bits per heavy atom. The first kappa shape index (κ1) is 24.9. The van der Waals surface area contributed by atoms with Crippen LogP contribution in [0.2, 0.25) is 0 Å². The Kier molecular flexibility index (Phi) is 8.23.